The van der Waals surface area contributed by atoms with E-state index in [9.17, 15) is 0 Å². The van der Waals surface area contributed by atoms with Crippen LogP contribution >= 0.6 is 11.5 Å². The lowest BCUT2D eigenvalue weighted by Gasteiger charge is -2.21. The summed E-state index contributed by atoms with van der Waals surface area (Å²) in [5.74, 6) is 1.15. The summed E-state index contributed by atoms with van der Waals surface area (Å²) in [5.41, 5.74) is 5.73. The standard InChI is InChI=1S/C11H22N4OS/c1-5-16-9-10(12)14-17-11(9)13-6-7-15(4)8(2)3/h8,13H,5-7H2,1-4H3,(H2,12,14). The second kappa shape index (κ2) is 6.66. The molecule has 0 spiro atoms. The quantitative estimate of drug-likeness (QED) is 0.782. The zero-order valence-electron chi connectivity index (χ0n) is 11.0. The minimum atomic E-state index is 0.469. The molecule has 0 aliphatic heterocycles. The van der Waals surface area contributed by atoms with E-state index in [0.29, 0.717) is 24.2 Å². The van der Waals surface area contributed by atoms with Gasteiger partial charge in [-0.1, -0.05) is 0 Å². The van der Waals surface area contributed by atoms with Crippen LogP contribution in [0.3, 0.4) is 0 Å². The molecule has 0 aliphatic rings. The van der Waals surface area contributed by atoms with Gasteiger partial charge in [-0.3, -0.25) is 0 Å². The largest absolute Gasteiger partial charge is 0.487 e. The van der Waals surface area contributed by atoms with Crippen LogP contribution in [0.5, 0.6) is 5.75 Å². The molecule has 17 heavy (non-hydrogen) atoms. The fourth-order valence-electron chi connectivity index (χ4n) is 1.29. The summed E-state index contributed by atoms with van der Waals surface area (Å²) in [6.45, 7) is 8.72. The van der Waals surface area contributed by atoms with Gasteiger partial charge >= 0.3 is 0 Å². The van der Waals surface area contributed by atoms with Gasteiger partial charge in [0.2, 0.25) is 0 Å². The van der Waals surface area contributed by atoms with Crippen LogP contribution in [-0.2, 0) is 0 Å². The van der Waals surface area contributed by atoms with E-state index >= 15 is 0 Å². The number of nitrogens with one attached hydrogen (secondary N) is 1. The van der Waals surface area contributed by atoms with Gasteiger partial charge in [-0.15, -0.1) is 0 Å². The van der Waals surface area contributed by atoms with Crippen LogP contribution in [0, 0.1) is 0 Å². The first-order valence-corrected chi connectivity index (χ1v) is 6.65. The van der Waals surface area contributed by atoms with Gasteiger partial charge in [-0.05, 0) is 39.4 Å². The first-order valence-electron chi connectivity index (χ1n) is 5.88. The zero-order valence-corrected chi connectivity index (χ0v) is 11.8. The smallest absolute Gasteiger partial charge is 0.197 e. The van der Waals surface area contributed by atoms with Gasteiger partial charge in [-0.2, -0.15) is 4.37 Å². The number of hydrogen-bond acceptors (Lipinski definition) is 6. The number of ether oxygens (including phenoxy) is 1. The molecule has 0 saturated carbocycles. The maximum absolute atomic E-state index is 5.73. The van der Waals surface area contributed by atoms with Crippen molar-refractivity contribution in [1.82, 2.24) is 9.27 Å². The number of aromatic nitrogens is 1. The Morgan fingerprint density at radius 1 is 1.53 bits per heavy atom. The first kappa shape index (κ1) is 14.1. The summed E-state index contributed by atoms with van der Waals surface area (Å²) in [6.07, 6.45) is 0. The van der Waals surface area contributed by atoms with Gasteiger partial charge in [0, 0.05) is 19.1 Å². The summed E-state index contributed by atoms with van der Waals surface area (Å²) >= 11 is 1.35. The molecule has 5 nitrogen and oxygen atoms in total. The Bertz CT molecular complexity index is 340. The highest BCUT2D eigenvalue weighted by Gasteiger charge is 2.12. The van der Waals surface area contributed by atoms with Crippen LogP contribution < -0.4 is 15.8 Å². The zero-order chi connectivity index (χ0) is 12.8. The molecular weight excluding hydrogens is 236 g/mol. The van der Waals surface area contributed by atoms with E-state index in [1.807, 2.05) is 6.92 Å². The predicted octanol–water partition coefficient (Wildman–Crippen LogP) is 1.88. The Kier molecular flexibility index (Phi) is 5.50. The molecule has 0 atom stereocenters. The third-order valence-electron chi connectivity index (χ3n) is 2.59. The van der Waals surface area contributed by atoms with Crippen molar-refractivity contribution in [3.63, 3.8) is 0 Å². The topological polar surface area (TPSA) is 63.4 Å². The highest BCUT2D eigenvalue weighted by atomic mass is 32.1. The number of anilines is 2. The Morgan fingerprint density at radius 3 is 2.82 bits per heavy atom. The lowest BCUT2D eigenvalue weighted by atomic mass is 10.3. The van der Waals surface area contributed by atoms with Crippen LogP contribution in [0.2, 0.25) is 0 Å². The highest BCUT2D eigenvalue weighted by Crippen LogP contribution is 2.34. The minimum absolute atomic E-state index is 0.469. The fraction of sp³-hybridized carbons (Fsp3) is 0.727. The van der Waals surface area contributed by atoms with Crippen molar-refractivity contribution in [3.05, 3.63) is 0 Å². The molecule has 3 N–H and O–H groups in total. The maximum Gasteiger partial charge on any atom is 0.197 e. The average Bonchev–Trinajstić information content (AvgIpc) is 2.61. The van der Waals surface area contributed by atoms with Gasteiger partial charge in [0.05, 0.1) is 6.61 Å². The molecule has 98 valence electrons. The third-order valence-corrected chi connectivity index (χ3v) is 3.39. The van der Waals surface area contributed by atoms with Gasteiger partial charge < -0.3 is 20.7 Å². The van der Waals surface area contributed by atoms with Crippen LogP contribution in [-0.4, -0.2) is 42.1 Å². The van der Waals surface area contributed by atoms with Crippen molar-refractivity contribution in [2.24, 2.45) is 0 Å². The fourth-order valence-corrected chi connectivity index (χ4v) is 1.98. The Hall–Kier alpha value is -1.01. The van der Waals surface area contributed by atoms with Crippen molar-refractivity contribution in [3.8, 4) is 5.75 Å². The Labute approximate surface area is 107 Å². The number of nitrogens with two attached hydrogens (primary N) is 1. The molecule has 0 fully saturated rings. The second-order valence-electron chi connectivity index (χ2n) is 4.16. The van der Waals surface area contributed by atoms with Gasteiger partial charge in [0.25, 0.3) is 0 Å². The van der Waals surface area contributed by atoms with Crippen LogP contribution in [0.1, 0.15) is 20.8 Å². The van der Waals surface area contributed by atoms with E-state index in [4.69, 9.17) is 10.5 Å². The maximum atomic E-state index is 5.73. The van der Waals surface area contributed by atoms with Crippen molar-refractivity contribution < 1.29 is 4.74 Å². The number of nitrogen functional groups attached to an aromatic ring is 1. The summed E-state index contributed by atoms with van der Waals surface area (Å²) in [4.78, 5) is 2.28. The summed E-state index contributed by atoms with van der Waals surface area (Å²) in [5, 5.41) is 4.23. The summed E-state index contributed by atoms with van der Waals surface area (Å²) in [6, 6.07) is 0.551. The minimum Gasteiger partial charge on any atom is -0.487 e. The molecule has 1 aromatic rings. The molecule has 1 heterocycles. The number of nitrogens with zero attached hydrogens (tertiary/aromatic N) is 2. The number of hydrogen-bond donors (Lipinski definition) is 2. The molecule has 0 radical (unpaired) electrons. The second-order valence-corrected chi connectivity index (χ2v) is 4.93. The molecule has 0 amide bonds. The van der Waals surface area contributed by atoms with Gasteiger partial charge in [0.15, 0.2) is 16.6 Å². The molecule has 0 aliphatic carbocycles. The Morgan fingerprint density at radius 2 is 2.24 bits per heavy atom. The van der Waals surface area contributed by atoms with Crippen molar-refractivity contribution in [2.45, 2.75) is 26.8 Å². The normalized spacial score (nSPS) is 11.2. The van der Waals surface area contributed by atoms with E-state index in [0.717, 1.165) is 18.1 Å². The molecule has 1 aromatic heterocycles. The van der Waals surface area contributed by atoms with E-state index in [1.165, 1.54) is 11.5 Å². The van der Waals surface area contributed by atoms with E-state index in [2.05, 4.69) is 35.5 Å². The first-order chi connectivity index (χ1) is 8.06. The lowest BCUT2D eigenvalue weighted by Crippen LogP contribution is -2.31. The van der Waals surface area contributed by atoms with Gasteiger partial charge in [0.1, 0.15) is 0 Å². The summed E-state index contributed by atoms with van der Waals surface area (Å²) < 4.78 is 9.55. The van der Waals surface area contributed by atoms with E-state index in [1.54, 1.807) is 0 Å². The molecule has 0 saturated heterocycles. The highest BCUT2D eigenvalue weighted by molar-refractivity contribution is 7.11. The molecule has 0 unspecified atom stereocenters. The predicted molar refractivity (Wildman–Crippen MR) is 74.0 cm³/mol. The molecular formula is C11H22N4OS. The van der Waals surface area contributed by atoms with E-state index in [-0.39, 0.29) is 0 Å². The number of rotatable bonds is 7. The Balaban J connectivity index is 2.46. The monoisotopic (exact) mass is 258 g/mol. The molecule has 0 aromatic carbocycles. The average molecular weight is 258 g/mol. The van der Waals surface area contributed by atoms with Crippen LogP contribution in [0.15, 0.2) is 0 Å². The third kappa shape index (κ3) is 4.05. The van der Waals surface area contributed by atoms with Crippen molar-refractivity contribution in [1.29, 1.82) is 0 Å². The van der Waals surface area contributed by atoms with Gasteiger partial charge in [-0.25, -0.2) is 0 Å². The van der Waals surface area contributed by atoms with Crippen LogP contribution in [0.4, 0.5) is 10.8 Å². The SMILES string of the molecule is CCOc1c(N)nsc1NCCN(C)C(C)C. The molecule has 6 heteroatoms. The molecule has 1 rings (SSSR count). The molecule has 0 bridgehead atoms. The van der Waals surface area contributed by atoms with Crippen molar-refractivity contribution >= 4 is 22.4 Å². The summed E-state index contributed by atoms with van der Waals surface area (Å²) in [7, 11) is 2.11. The lowest BCUT2D eigenvalue weighted by molar-refractivity contribution is 0.284. The van der Waals surface area contributed by atoms with E-state index < -0.39 is 0 Å². The van der Waals surface area contributed by atoms with Crippen molar-refractivity contribution in [2.75, 3.05) is 37.8 Å². The number of likely N-dealkylation sites (N-methyl/N-ethyl adjacent to an activating group) is 1. The van der Waals surface area contributed by atoms with Crippen LogP contribution in [0.25, 0.3) is 0 Å².